The molecular weight excluding hydrogens is 328 g/mol. The van der Waals surface area contributed by atoms with Crippen LogP contribution in [0.3, 0.4) is 0 Å². The quantitative estimate of drug-likeness (QED) is 0.889. The van der Waals surface area contributed by atoms with E-state index in [0.29, 0.717) is 22.4 Å². The summed E-state index contributed by atoms with van der Waals surface area (Å²) in [5.74, 6) is 1.40. The van der Waals surface area contributed by atoms with Gasteiger partial charge in [0.05, 0.1) is 16.3 Å². The third kappa shape index (κ3) is 2.89. The van der Waals surface area contributed by atoms with Crippen molar-refractivity contribution in [2.24, 2.45) is 11.8 Å². The molecule has 0 aliphatic carbocycles. The van der Waals surface area contributed by atoms with E-state index in [4.69, 9.17) is 11.6 Å². The number of rotatable bonds is 2. The number of aromatic nitrogens is 4. The first-order valence-corrected chi connectivity index (χ1v) is 8.63. The molecule has 0 unspecified atom stereocenters. The minimum Gasteiger partial charge on any atom is -0.339 e. The average molecular weight is 347 g/mol. The number of nitrogens with one attached hydrogen (secondary N) is 1. The highest BCUT2D eigenvalue weighted by Crippen LogP contribution is 2.29. The summed E-state index contributed by atoms with van der Waals surface area (Å²) in [5, 5.41) is 14.9. The third-order valence-corrected chi connectivity index (χ3v) is 5.42. The van der Waals surface area contributed by atoms with Gasteiger partial charge in [-0.15, -0.1) is 5.10 Å². The van der Waals surface area contributed by atoms with E-state index in [2.05, 4.69) is 20.8 Å². The molecule has 2 saturated heterocycles. The molecule has 2 aliphatic heterocycles. The van der Waals surface area contributed by atoms with Gasteiger partial charge in [-0.25, -0.2) is 4.68 Å². The third-order valence-electron chi connectivity index (χ3n) is 5.10. The van der Waals surface area contributed by atoms with Crippen LogP contribution >= 0.6 is 11.6 Å². The summed E-state index contributed by atoms with van der Waals surface area (Å²) in [6.45, 7) is 3.75. The number of benzene rings is 1. The van der Waals surface area contributed by atoms with Crippen LogP contribution in [0, 0.1) is 11.8 Å². The first kappa shape index (κ1) is 15.5. The van der Waals surface area contributed by atoms with E-state index in [9.17, 15) is 4.79 Å². The molecule has 3 heterocycles. The molecule has 0 spiro atoms. The molecule has 2 atom stereocenters. The van der Waals surface area contributed by atoms with Crippen LogP contribution in [0.2, 0.25) is 5.02 Å². The fraction of sp³-hybridized carbons (Fsp3) is 0.500. The number of tetrazole rings is 1. The molecule has 8 heteroatoms. The molecule has 126 valence electrons. The molecule has 1 aromatic carbocycles. The molecule has 2 fully saturated rings. The number of hydrogen-bond donors (Lipinski definition) is 1. The summed E-state index contributed by atoms with van der Waals surface area (Å²) in [7, 11) is 0. The molecule has 1 N–H and O–H groups in total. The molecule has 7 nitrogen and oxygen atoms in total. The van der Waals surface area contributed by atoms with Crippen molar-refractivity contribution in [1.29, 1.82) is 0 Å². The zero-order valence-electron chi connectivity index (χ0n) is 13.2. The van der Waals surface area contributed by atoms with Gasteiger partial charge in [0.25, 0.3) is 5.91 Å². The van der Waals surface area contributed by atoms with Crippen molar-refractivity contribution in [2.75, 3.05) is 26.2 Å². The summed E-state index contributed by atoms with van der Waals surface area (Å²) in [4.78, 5) is 14.8. The smallest absolute Gasteiger partial charge is 0.255 e. The molecule has 1 amide bonds. The Hall–Kier alpha value is -1.99. The Morgan fingerprint density at radius 3 is 2.58 bits per heavy atom. The lowest BCUT2D eigenvalue weighted by atomic mass is 9.92. The first-order valence-electron chi connectivity index (χ1n) is 8.25. The van der Waals surface area contributed by atoms with E-state index >= 15 is 0 Å². The highest BCUT2D eigenvalue weighted by atomic mass is 35.5. The van der Waals surface area contributed by atoms with Crippen LogP contribution in [0.25, 0.3) is 5.69 Å². The van der Waals surface area contributed by atoms with Crippen LogP contribution in [-0.4, -0.2) is 57.2 Å². The fourth-order valence-electron chi connectivity index (χ4n) is 3.69. The van der Waals surface area contributed by atoms with E-state index in [0.717, 1.165) is 44.7 Å². The van der Waals surface area contributed by atoms with Crippen molar-refractivity contribution in [1.82, 2.24) is 30.4 Å². The predicted molar refractivity (Wildman–Crippen MR) is 89.2 cm³/mol. The Morgan fingerprint density at radius 1 is 1.21 bits per heavy atom. The lowest BCUT2D eigenvalue weighted by Crippen LogP contribution is -2.33. The largest absolute Gasteiger partial charge is 0.339 e. The van der Waals surface area contributed by atoms with Crippen molar-refractivity contribution in [3.8, 4) is 5.69 Å². The van der Waals surface area contributed by atoms with Gasteiger partial charge in [-0.3, -0.25) is 4.79 Å². The second-order valence-corrected chi connectivity index (χ2v) is 6.87. The molecule has 1 aromatic heterocycles. The molecule has 24 heavy (non-hydrogen) atoms. The standard InChI is InChI=1S/C16H19ClN6O/c17-15-7-13(23-10-19-20-21-23)1-2-14(15)16(24)22-5-3-11-8-18-9-12(11)4-6-22/h1-2,7,10-12,18H,3-6,8-9H2/t11-,12+. The maximum Gasteiger partial charge on any atom is 0.255 e. The summed E-state index contributed by atoms with van der Waals surface area (Å²) in [6.07, 6.45) is 3.61. The molecule has 4 rings (SSSR count). The number of likely N-dealkylation sites (tertiary alicyclic amines) is 1. The molecule has 2 aromatic rings. The van der Waals surface area contributed by atoms with Gasteiger partial charge in [0.15, 0.2) is 0 Å². The number of fused-ring (bicyclic) bond motifs is 1. The molecule has 0 bridgehead atoms. The monoisotopic (exact) mass is 346 g/mol. The number of carbonyl (C=O) groups is 1. The number of hydrogen-bond acceptors (Lipinski definition) is 5. The second-order valence-electron chi connectivity index (χ2n) is 6.47. The van der Waals surface area contributed by atoms with Crippen molar-refractivity contribution in [3.05, 3.63) is 35.1 Å². The maximum atomic E-state index is 12.9. The maximum absolute atomic E-state index is 12.9. The topological polar surface area (TPSA) is 75.9 Å². The minimum atomic E-state index is 0.0104. The van der Waals surface area contributed by atoms with Gasteiger partial charge in [-0.2, -0.15) is 0 Å². The highest BCUT2D eigenvalue weighted by Gasteiger charge is 2.32. The van der Waals surface area contributed by atoms with E-state index in [-0.39, 0.29) is 5.91 Å². The van der Waals surface area contributed by atoms with Crippen LogP contribution in [0.1, 0.15) is 23.2 Å². The van der Waals surface area contributed by atoms with Crippen LogP contribution in [0.4, 0.5) is 0 Å². The van der Waals surface area contributed by atoms with Gasteiger partial charge in [-0.1, -0.05) is 11.6 Å². The lowest BCUT2D eigenvalue weighted by molar-refractivity contribution is 0.0758. The second kappa shape index (κ2) is 6.49. The van der Waals surface area contributed by atoms with Crippen LogP contribution in [0.5, 0.6) is 0 Å². The van der Waals surface area contributed by atoms with Crippen molar-refractivity contribution >= 4 is 17.5 Å². The summed E-state index contributed by atoms with van der Waals surface area (Å²) < 4.78 is 1.51. The van der Waals surface area contributed by atoms with Gasteiger partial charge in [0.1, 0.15) is 6.33 Å². The van der Waals surface area contributed by atoms with Gasteiger partial charge in [0, 0.05) is 13.1 Å². The van der Waals surface area contributed by atoms with E-state index < -0.39 is 0 Å². The predicted octanol–water partition coefficient (Wildman–Crippen LogP) is 1.39. The fourth-order valence-corrected chi connectivity index (χ4v) is 3.95. The van der Waals surface area contributed by atoms with Gasteiger partial charge in [0.2, 0.25) is 0 Å². The summed E-state index contributed by atoms with van der Waals surface area (Å²) >= 11 is 6.36. The summed E-state index contributed by atoms with van der Waals surface area (Å²) in [5.41, 5.74) is 1.27. The van der Waals surface area contributed by atoms with Crippen molar-refractivity contribution in [2.45, 2.75) is 12.8 Å². The van der Waals surface area contributed by atoms with Crippen molar-refractivity contribution in [3.63, 3.8) is 0 Å². The van der Waals surface area contributed by atoms with Gasteiger partial charge >= 0.3 is 0 Å². The Labute approximate surface area is 145 Å². The normalized spacial score (nSPS) is 23.8. The SMILES string of the molecule is O=C(c1ccc(-n2cnnn2)cc1Cl)N1CC[C@@H]2CNC[C@@H]2CC1. The molecule has 0 radical (unpaired) electrons. The first-order chi connectivity index (χ1) is 11.7. The number of amides is 1. The number of nitrogens with zero attached hydrogens (tertiary/aromatic N) is 5. The van der Waals surface area contributed by atoms with Crippen LogP contribution < -0.4 is 5.32 Å². The Kier molecular flexibility index (Phi) is 4.20. The van der Waals surface area contributed by atoms with E-state index in [1.54, 1.807) is 12.1 Å². The van der Waals surface area contributed by atoms with E-state index in [1.807, 2.05) is 11.0 Å². The lowest BCUT2D eigenvalue weighted by Gasteiger charge is -2.21. The molecule has 0 saturated carbocycles. The summed E-state index contributed by atoms with van der Waals surface area (Å²) in [6, 6.07) is 5.29. The Balaban J connectivity index is 1.52. The zero-order chi connectivity index (χ0) is 16.5. The molecule has 2 aliphatic rings. The Morgan fingerprint density at radius 2 is 1.96 bits per heavy atom. The molecular formula is C16H19ClN6O. The van der Waals surface area contributed by atoms with Crippen LogP contribution in [-0.2, 0) is 0 Å². The average Bonchev–Trinajstić information content (AvgIpc) is 3.23. The zero-order valence-corrected chi connectivity index (χ0v) is 14.0. The highest BCUT2D eigenvalue weighted by molar-refractivity contribution is 6.34. The number of halogens is 1. The van der Waals surface area contributed by atoms with Gasteiger partial charge < -0.3 is 10.2 Å². The van der Waals surface area contributed by atoms with E-state index in [1.165, 1.54) is 11.0 Å². The Bertz CT molecular complexity index is 720. The number of carbonyl (C=O) groups excluding carboxylic acids is 1. The van der Waals surface area contributed by atoms with Gasteiger partial charge in [-0.05, 0) is 66.4 Å². The van der Waals surface area contributed by atoms with Crippen LogP contribution in [0.15, 0.2) is 24.5 Å². The minimum absolute atomic E-state index is 0.0104. The van der Waals surface area contributed by atoms with Crippen molar-refractivity contribution < 1.29 is 4.79 Å².